The fourth-order valence-corrected chi connectivity index (χ4v) is 8.26. The van der Waals surface area contributed by atoms with Gasteiger partial charge in [-0.25, -0.2) is 4.99 Å². The van der Waals surface area contributed by atoms with Crippen molar-refractivity contribution in [3.8, 4) is 11.1 Å². The van der Waals surface area contributed by atoms with Crippen molar-refractivity contribution in [1.82, 2.24) is 5.32 Å². The molecule has 224 valence electrons. The summed E-state index contributed by atoms with van der Waals surface area (Å²) in [5.41, 5.74) is 13.3. The first-order chi connectivity index (χ1) is 22.6. The van der Waals surface area contributed by atoms with E-state index in [0.717, 1.165) is 12.4 Å². The van der Waals surface area contributed by atoms with Gasteiger partial charge >= 0.3 is 0 Å². The van der Waals surface area contributed by atoms with Gasteiger partial charge in [0.1, 0.15) is 0 Å². The lowest BCUT2D eigenvalue weighted by molar-refractivity contribution is 0.639. The predicted molar refractivity (Wildman–Crippen MR) is 191 cm³/mol. The zero-order valence-electron chi connectivity index (χ0n) is 26.3. The number of anilines is 1. The first-order valence-corrected chi connectivity index (χ1v) is 16.5. The molecule has 0 aromatic heterocycles. The molecule has 5 aliphatic rings. The van der Waals surface area contributed by atoms with Crippen LogP contribution >= 0.6 is 0 Å². The summed E-state index contributed by atoms with van der Waals surface area (Å²) in [6, 6.07) is 37.6. The number of aliphatic imine (C=N–C) groups is 1. The second-order valence-corrected chi connectivity index (χ2v) is 13.6. The highest BCUT2D eigenvalue weighted by molar-refractivity contribution is 6.03. The van der Waals surface area contributed by atoms with Crippen molar-refractivity contribution in [2.45, 2.75) is 49.6 Å². The molecule has 46 heavy (non-hydrogen) atoms. The van der Waals surface area contributed by atoms with Crippen LogP contribution in [0.5, 0.6) is 0 Å². The van der Waals surface area contributed by atoms with Gasteiger partial charge in [-0.3, -0.25) is 0 Å². The molecule has 0 saturated heterocycles. The second kappa shape index (κ2) is 10.5. The molecule has 0 spiro atoms. The Kier molecular flexibility index (Phi) is 6.18. The van der Waals surface area contributed by atoms with Crippen LogP contribution < -0.4 is 10.2 Å². The fraction of sp³-hybridized carbons (Fsp3) is 0.186. The van der Waals surface area contributed by atoms with Crippen molar-refractivity contribution in [3.63, 3.8) is 0 Å². The summed E-state index contributed by atoms with van der Waals surface area (Å²) >= 11 is 0. The molecule has 9 rings (SSSR count). The number of allylic oxidation sites excluding steroid dienone is 4. The molecule has 3 nitrogen and oxygen atoms in total. The van der Waals surface area contributed by atoms with E-state index < -0.39 is 0 Å². The monoisotopic (exact) mass is 595 g/mol. The number of rotatable bonds is 3. The average Bonchev–Trinajstić information content (AvgIpc) is 3.56. The molecule has 3 heteroatoms. The van der Waals surface area contributed by atoms with Crippen LogP contribution in [0.1, 0.15) is 54.4 Å². The van der Waals surface area contributed by atoms with Crippen LogP contribution in [0.4, 0.5) is 5.69 Å². The summed E-state index contributed by atoms with van der Waals surface area (Å²) in [5.74, 6) is 1.55. The van der Waals surface area contributed by atoms with E-state index in [1.165, 1.54) is 55.8 Å². The third kappa shape index (κ3) is 4.22. The van der Waals surface area contributed by atoms with Crippen LogP contribution in [-0.4, -0.2) is 18.0 Å². The van der Waals surface area contributed by atoms with E-state index in [9.17, 15) is 0 Å². The SMILES string of the molecule is CC1(C)C2=CC3[C@H](C=C2c2ccccc21)c1ccccc1N3C1=NC(C2=CCC(c3cccc(-c4ccccc4)c3)C=C2)C=CN1. The number of hydrogen-bond donors (Lipinski definition) is 1. The molecule has 0 fully saturated rings. The minimum Gasteiger partial charge on any atom is -0.333 e. The molecule has 3 unspecified atom stereocenters. The van der Waals surface area contributed by atoms with E-state index in [1.807, 2.05) is 0 Å². The lowest BCUT2D eigenvalue weighted by Crippen LogP contribution is -2.46. The minimum atomic E-state index is -0.0348. The van der Waals surface area contributed by atoms with Gasteiger partial charge in [0.25, 0.3) is 0 Å². The number of para-hydroxylation sites is 1. The van der Waals surface area contributed by atoms with Crippen molar-refractivity contribution in [1.29, 1.82) is 0 Å². The summed E-state index contributed by atoms with van der Waals surface area (Å²) in [4.78, 5) is 7.81. The minimum absolute atomic E-state index is 0.0233. The molecule has 3 aliphatic carbocycles. The van der Waals surface area contributed by atoms with Gasteiger partial charge < -0.3 is 10.2 Å². The van der Waals surface area contributed by atoms with E-state index in [2.05, 4.69) is 170 Å². The normalized spacial score (nSPS) is 24.9. The van der Waals surface area contributed by atoms with Gasteiger partial charge in [-0.15, -0.1) is 0 Å². The first kappa shape index (κ1) is 27.2. The molecule has 0 amide bonds. The molecule has 0 radical (unpaired) electrons. The molecular formula is C43H37N3. The molecule has 4 atom stereocenters. The lowest BCUT2D eigenvalue weighted by atomic mass is 9.77. The number of nitrogens with zero attached hydrogens (tertiary/aromatic N) is 2. The van der Waals surface area contributed by atoms with Crippen LogP contribution in [0.25, 0.3) is 16.7 Å². The molecule has 0 saturated carbocycles. The lowest BCUT2D eigenvalue weighted by Gasteiger charge is -2.35. The highest BCUT2D eigenvalue weighted by Gasteiger charge is 2.47. The zero-order chi connectivity index (χ0) is 30.8. The maximum Gasteiger partial charge on any atom is 0.204 e. The maximum atomic E-state index is 5.37. The van der Waals surface area contributed by atoms with Crippen molar-refractivity contribution in [2.75, 3.05) is 4.90 Å². The molecular weight excluding hydrogens is 558 g/mol. The van der Waals surface area contributed by atoms with Crippen LogP contribution in [0.15, 0.2) is 162 Å². The second-order valence-electron chi connectivity index (χ2n) is 13.6. The molecule has 2 heterocycles. The Morgan fingerprint density at radius 2 is 1.61 bits per heavy atom. The Bertz CT molecular complexity index is 2050. The van der Waals surface area contributed by atoms with E-state index in [4.69, 9.17) is 4.99 Å². The highest BCUT2D eigenvalue weighted by Crippen LogP contribution is 2.56. The summed E-state index contributed by atoms with van der Waals surface area (Å²) in [6.07, 6.45) is 17.3. The van der Waals surface area contributed by atoms with E-state index in [1.54, 1.807) is 0 Å². The third-order valence-electron chi connectivity index (χ3n) is 10.6. The van der Waals surface area contributed by atoms with Crippen molar-refractivity contribution < 1.29 is 0 Å². The summed E-state index contributed by atoms with van der Waals surface area (Å²) < 4.78 is 0. The van der Waals surface area contributed by atoms with E-state index in [-0.39, 0.29) is 23.4 Å². The average molecular weight is 596 g/mol. The van der Waals surface area contributed by atoms with E-state index in [0.29, 0.717) is 5.92 Å². The molecule has 4 aromatic rings. The predicted octanol–water partition coefficient (Wildman–Crippen LogP) is 9.45. The number of nitrogens with one attached hydrogen (secondary N) is 1. The molecule has 1 N–H and O–H groups in total. The van der Waals surface area contributed by atoms with Crippen molar-refractivity contribution in [2.24, 2.45) is 4.99 Å². The largest absolute Gasteiger partial charge is 0.333 e. The van der Waals surface area contributed by atoms with Crippen molar-refractivity contribution in [3.05, 3.63) is 179 Å². The Labute approximate surface area is 271 Å². The number of benzene rings is 4. The zero-order valence-corrected chi connectivity index (χ0v) is 26.3. The first-order valence-electron chi connectivity index (χ1n) is 16.5. The van der Waals surface area contributed by atoms with Gasteiger partial charge in [0, 0.05) is 29.1 Å². The van der Waals surface area contributed by atoms with Crippen molar-refractivity contribution >= 4 is 17.2 Å². The van der Waals surface area contributed by atoms with Gasteiger partial charge in [-0.05, 0) is 68.7 Å². The highest BCUT2D eigenvalue weighted by atomic mass is 15.3. The third-order valence-corrected chi connectivity index (χ3v) is 10.6. The van der Waals surface area contributed by atoms with Gasteiger partial charge in [-0.1, -0.05) is 141 Å². The number of guanidine groups is 1. The number of hydrogen-bond acceptors (Lipinski definition) is 3. The van der Waals surface area contributed by atoms with Gasteiger partial charge in [0.05, 0.1) is 12.1 Å². The summed E-state index contributed by atoms with van der Waals surface area (Å²) in [6.45, 7) is 4.74. The molecule has 0 bridgehead atoms. The van der Waals surface area contributed by atoms with E-state index >= 15 is 0 Å². The smallest absolute Gasteiger partial charge is 0.204 e. The van der Waals surface area contributed by atoms with Crippen LogP contribution in [0.3, 0.4) is 0 Å². The Balaban J connectivity index is 1.01. The Morgan fingerprint density at radius 3 is 2.48 bits per heavy atom. The summed E-state index contributed by atoms with van der Waals surface area (Å²) in [5, 5.41) is 3.55. The quantitative estimate of drug-likeness (QED) is 0.256. The molecule has 4 aromatic carbocycles. The standard InChI is InChI=1S/C43H37N3/c1-43(2)37-17-8-6-15-33(37)35-26-36-34-16-7-9-18-40(34)46(41(36)27-38(35)43)42-44-24-23-39(45-42)30-21-19-29(20-22-30)32-14-10-13-31(25-32)28-11-4-3-5-12-28/h3-19,21-27,29,36,39,41H,20H2,1-2H3,(H,44,45)/t29?,36-,39?,41?/m1/s1. The Morgan fingerprint density at radius 1 is 0.804 bits per heavy atom. The van der Waals surface area contributed by atoms with Crippen LogP contribution in [0, 0.1) is 0 Å². The van der Waals surface area contributed by atoms with Crippen LogP contribution in [-0.2, 0) is 5.41 Å². The van der Waals surface area contributed by atoms with Gasteiger partial charge in [0.15, 0.2) is 0 Å². The number of fused-ring (bicyclic) bond motifs is 6. The van der Waals surface area contributed by atoms with Gasteiger partial charge in [0.2, 0.25) is 5.96 Å². The molecule has 2 aliphatic heterocycles. The van der Waals surface area contributed by atoms with Gasteiger partial charge in [-0.2, -0.15) is 0 Å². The topological polar surface area (TPSA) is 27.6 Å². The summed E-state index contributed by atoms with van der Waals surface area (Å²) in [7, 11) is 0. The Hall–Kier alpha value is -5.15. The maximum absolute atomic E-state index is 5.37. The fourth-order valence-electron chi connectivity index (χ4n) is 8.26. The van der Waals surface area contributed by atoms with Crippen LogP contribution in [0.2, 0.25) is 0 Å².